The standard InChI is InChI=1S/C26H29N3O5S/c30-23(27-12-4-14-35(33,34)20-5-2-1-3-6-20)21-15-19-17-29(13-9-22(19)28-24(21)31)25(32)26-10-7-18(16-26)8-11-26/h1-6,14-15,18H,7-13,16-17H2,(H,27,30)(H,28,31)/b14-4+. The van der Waals surface area contributed by atoms with E-state index >= 15 is 0 Å². The van der Waals surface area contributed by atoms with Crippen LogP contribution in [0.2, 0.25) is 0 Å². The predicted octanol–water partition coefficient (Wildman–Crippen LogP) is 2.56. The van der Waals surface area contributed by atoms with Gasteiger partial charge in [-0.25, -0.2) is 8.42 Å². The van der Waals surface area contributed by atoms with Crippen LogP contribution < -0.4 is 10.9 Å². The lowest BCUT2D eigenvalue weighted by Gasteiger charge is -2.36. The molecule has 5 rings (SSSR count). The highest BCUT2D eigenvalue weighted by Gasteiger charge is 2.51. The molecule has 0 atom stereocenters. The van der Waals surface area contributed by atoms with Gasteiger partial charge in [-0.3, -0.25) is 14.4 Å². The van der Waals surface area contributed by atoms with Crippen molar-refractivity contribution in [3.63, 3.8) is 0 Å². The first kappa shape index (κ1) is 23.5. The molecular formula is C26H29N3O5S. The van der Waals surface area contributed by atoms with Gasteiger partial charge in [0, 0.05) is 42.6 Å². The summed E-state index contributed by atoms with van der Waals surface area (Å²) in [4.78, 5) is 43.4. The Kier molecular flexibility index (Phi) is 6.13. The second kappa shape index (κ2) is 9.11. The number of carbonyl (C=O) groups is 2. The third-order valence-electron chi connectivity index (χ3n) is 7.66. The van der Waals surface area contributed by atoms with Gasteiger partial charge in [0.2, 0.25) is 5.91 Å². The lowest BCUT2D eigenvalue weighted by Crippen LogP contribution is -2.45. The Morgan fingerprint density at radius 2 is 1.91 bits per heavy atom. The molecule has 2 heterocycles. The van der Waals surface area contributed by atoms with Crippen LogP contribution in [0.5, 0.6) is 0 Å². The van der Waals surface area contributed by atoms with Crippen LogP contribution in [0.15, 0.2) is 57.6 Å². The lowest BCUT2D eigenvalue weighted by molar-refractivity contribution is -0.142. The molecule has 184 valence electrons. The van der Waals surface area contributed by atoms with Crippen molar-refractivity contribution in [2.75, 3.05) is 13.1 Å². The Labute approximate surface area is 204 Å². The van der Waals surface area contributed by atoms with E-state index in [0.717, 1.165) is 48.8 Å². The first-order valence-electron chi connectivity index (χ1n) is 12.1. The van der Waals surface area contributed by atoms with Crippen LogP contribution in [0, 0.1) is 11.3 Å². The van der Waals surface area contributed by atoms with Crippen LogP contribution in [0.25, 0.3) is 0 Å². The molecule has 2 aliphatic carbocycles. The highest BCUT2D eigenvalue weighted by Crippen LogP contribution is 2.55. The van der Waals surface area contributed by atoms with E-state index in [1.807, 2.05) is 4.90 Å². The summed E-state index contributed by atoms with van der Waals surface area (Å²) < 4.78 is 24.6. The van der Waals surface area contributed by atoms with Crippen LogP contribution >= 0.6 is 0 Å². The number of hydrogen-bond acceptors (Lipinski definition) is 5. The van der Waals surface area contributed by atoms with Crippen LogP contribution in [0.1, 0.15) is 53.7 Å². The lowest BCUT2D eigenvalue weighted by atomic mass is 9.82. The van der Waals surface area contributed by atoms with Crippen molar-refractivity contribution < 1.29 is 18.0 Å². The minimum Gasteiger partial charge on any atom is -0.348 e. The molecule has 2 amide bonds. The molecule has 2 bridgehead atoms. The normalized spacial score (nSPS) is 23.4. The summed E-state index contributed by atoms with van der Waals surface area (Å²) in [6, 6.07) is 9.56. The SMILES string of the molecule is O=C(NC/C=C/S(=O)(=O)c1ccccc1)c1cc2c([nH]c1=O)CCN(C(=O)C13CCC(CC1)C3)C2. The predicted molar refractivity (Wildman–Crippen MR) is 130 cm³/mol. The monoisotopic (exact) mass is 495 g/mol. The molecule has 35 heavy (non-hydrogen) atoms. The van der Waals surface area contributed by atoms with Crippen molar-refractivity contribution in [2.45, 2.75) is 50.0 Å². The fourth-order valence-electron chi connectivity index (χ4n) is 5.79. The summed E-state index contributed by atoms with van der Waals surface area (Å²) >= 11 is 0. The maximum Gasteiger partial charge on any atom is 0.261 e. The molecule has 2 N–H and O–H groups in total. The number of aromatic nitrogens is 1. The topological polar surface area (TPSA) is 116 Å². The highest BCUT2D eigenvalue weighted by atomic mass is 32.2. The third kappa shape index (κ3) is 4.57. The van der Waals surface area contributed by atoms with E-state index in [2.05, 4.69) is 10.3 Å². The van der Waals surface area contributed by atoms with Crippen molar-refractivity contribution in [3.05, 3.63) is 75.1 Å². The third-order valence-corrected chi connectivity index (χ3v) is 9.14. The smallest absolute Gasteiger partial charge is 0.261 e. The minimum absolute atomic E-state index is 0.0441. The molecule has 9 heteroatoms. The van der Waals surface area contributed by atoms with E-state index in [-0.39, 0.29) is 28.3 Å². The Morgan fingerprint density at radius 3 is 2.60 bits per heavy atom. The number of carbonyl (C=O) groups excluding carboxylic acids is 2. The van der Waals surface area contributed by atoms with Gasteiger partial charge >= 0.3 is 0 Å². The Balaban J connectivity index is 1.25. The number of nitrogens with zero attached hydrogens (tertiary/aromatic N) is 1. The van der Waals surface area contributed by atoms with Gasteiger partial charge in [0.05, 0.1) is 4.90 Å². The summed E-state index contributed by atoms with van der Waals surface area (Å²) in [5, 5.41) is 3.62. The van der Waals surface area contributed by atoms with Crippen LogP contribution in [-0.2, 0) is 27.6 Å². The second-order valence-electron chi connectivity index (χ2n) is 9.86. The first-order valence-corrected chi connectivity index (χ1v) is 13.6. The molecule has 0 unspecified atom stereocenters. The number of fused-ring (bicyclic) bond motifs is 3. The first-order chi connectivity index (χ1) is 16.8. The number of amides is 2. The van der Waals surface area contributed by atoms with Gasteiger partial charge in [0.25, 0.3) is 11.5 Å². The van der Waals surface area contributed by atoms with E-state index in [4.69, 9.17) is 0 Å². The van der Waals surface area contributed by atoms with Gasteiger partial charge in [-0.15, -0.1) is 0 Å². The van der Waals surface area contributed by atoms with Crippen LogP contribution in [0.3, 0.4) is 0 Å². The van der Waals surface area contributed by atoms with Gasteiger partial charge < -0.3 is 15.2 Å². The van der Waals surface area contributed by atoms with Crippen LogP contribution in [0.4, 0.5) is 0 Å². The van der Waals surface area contributed by atoms with Gasteiger partial charge in [-0.05, 0) is 61.8 Å². The second-order valence-corrected chi connectivity index (χ2v) is 11.7. The quantitative estimate of drug-likeness (QED) is 0.639. The van der Waals surface area contributed by atoms with Crippen molar-refractivity contribution >= 4 is 21.7 Å². The molecule has 2 saturated carbocycles. The summed E-state index contributed by atoms with van der Waals surface area (Å²) in [7, 11) is -3.61. The Bertz CT molecular complexity index is 1340. The summed E-state index contributed by atoms with van der Waals surface area (Å²) in [5.41, 5.74) is 0.794. The molecule has 8 nitrogen and oxygen atoms in total. The van der Waals surface area contributed by atoms with Crippen LogP contribution in [-0.4, -0.2) is 43.2 Å². The number of rotatable bonds is 6. The fraction of sp³-hybridized carbons (Fsp3) is 0.423. The van der Waals surface area contributed by atoms with Crippen molar-refractivity contribution in [2.24, 2.45) is 11.3 Å². The number of nitrogens with one attached hydrogen (secondary N) is 2. The van der Waals surface area contributed by atoms with E-state index in [1.54, 1.807) is 24.3 Å². The largest absolute Gasteiger partial charge is 0.348 e. The molecule has 3 aliphatic rings. The number of aromatic amines is 1. The van der Waals surface area contributed by atoms with E-state index < -0.39 is 21.3 Å². The van der Waals surface area contributed by atoms with Gasteiger partial charge in [0.15, 0.2) is 9.84 Å². The summed E-state index contributed by atoms with van der Waals surface area (Å²) in [6.45, 7) is 0.906. The zero-order valence-corrected chi connectivity index (χ0v) is 20.3. The number of H-pyrrole nitrogens is 1. The minimum atomic E-state index is -3.61. The molecular weight excluding hydrogens is 466 g/mol. The van der Waals surface area contributed by atoms with Crippen molar-refractivity contribution in [3.8, 4) is 0 Å². The van der Waals surface area contributed by atoms with Crippen molar-refractivity contribution in [1.82, 2.24) is 15.2 Å². The number of benzene rings is 1. The number of hydrogen-bond donors (Lipinski definition) is 2. The molecule has 0 radical (unpaired) electrons. The van der Waals surface area contributed by atoms with E-state index in [0.29, 0.717) is 25.4 Å². The average Bonchev–Trinajstić information content (AvgIpc) is 3.49. The molecule has 1 aromatic heterocycles. The average molecular weight is 496 g/mol. The molecule has 1 aromatic carbocycles. The molecule has 0 spiro atoms. The Hall–Kier alpha value is -3.20. The van der Waals surface area contributed by atoms with Crippen molar-refractivity contribution in [1.29, 1.82) is 0 Å². The van der Waals surface area contributed by atoms with Gasteiger partial charge in [-0.2, -0.15) is 0 Å². The number of pyridine rings is 1. The molecule has 1 aliphatic heterocycles. The van der Waals surface area contributed by atoms with E-state index in [9.17, 15) is 22.8 Å². The summed E-state index contributed by atoms with van der Waals surface area (Å²) in [5.74, 6) is 0.303. The maximum atomic E-state index is 13.4. The highest BCUT2D eigenvalue weighted by molar-refractivity contribution is 7.94. The number of sulfone groups is 1. The van der Waals surface area contributed by atoms with Gasteiger partial charge in [0.1, 0.15) is 5.56 Å². The zero-order chi connectivity index (χ0) is 24.6. The fourth-order valence-corrected chi connectivity index (χ4v) is 6.83. The zero-order valence-electron chi connectivity index (χ0n) is 19.5. The summed E-state index contributed by atoms with van der Waals surface area (Å²) in [6.07, 6.45) is 7.08. The molecule has 2 aromatic rings. The van der Waals surface area contributed by atoms with Gasteiger partial charge in [-0.1, -0.05) is 24.3 Å². The molecule has 0 saturated heterocycles. The Morgan fingerprint density at radius 1 is 1.17 bits per heavy atom. The maximum absolute atomic E-state index is 13.4. The van der Waals surface area contributed by atoms with E-state index in [1.165, 1.54) is 18.2 Å². The molecule has 2 fully saturated rings.